The van der Waals surface area contributed by atoms with Crippen molar-refractivity contribution in [3.05, 3.63) is 75.3 Å². The summed E-state index contributed by atoms with van der Waals surface area (Å²) < 4.78 is 10.2. The van der Waals surface area contributed by atoms with E-state index in [0.29, 0.717) is 12.0 Å². The Hall–Kier alpha value is -3.42. The molecule has 8 heteroatoms. The van der Waals surface area contributed by atoms with Crippen LogP contribution in [0.1, 0.15) is 23.6 Å². The van der Waals surface area contributed by atoms with Crippen molar-refractivity contribution in [2.75, 3.05) is 6.61 Å². The molecule has 0 aliphatic rings. The van der Waals surface area contributed by atoms with Gasteiger partial charge in [0.15, 0.2) is 0 Å². The van der Waals surface area contributed by atoms with Crippen molar-refractivity contribution in [3.63, 3.8) is 0 Å². The number of amides is 1. The highest BCUT2D eigenvalue weighted by molar-refractivity contribution is 5.80. The van der Waals surface area contributed by atoms with Crippen LogP contribution < -0.4 is 5.32 Å². The minimum absolute atomic E-state index is 0.0430. The average Bonchev–Trinajstić information content (AvgIpc) is 2.66. The van der Waals surface area contributed by atoms with Crippen LogP contribution in [0.25, 0.3) is 0 Å². The van der Waals surface area contributed by atoms with Gasteiger partial charge in [-0.3, -0.25) is 10.1 Å². The van der Waals surface area contributed by atoms with E-state index in [-0.39, 0.29) is 18.9 Å². The molecule has 0 bridgehead atoms. The zero-order chi connectivity index (χ0) is 20.5. The lowest BCUT2D eigenvalue weighted by molar-refractivity contribution is -0.384. The number of carbonyl (C=O) groups is 2. The van der Waals surface area contributed by atoms with E-state index in [9.17, 15) is 19.7 Å². The number of nitrogens with one attached hydrogen (secondary N) is 1. The van der Waals surface area contributed by atoms with E-state index in [1.54, 1.807) is 0 Å². The Labute approximate surface area is 162 Å². The number of hydrogen-bond donors (Lipinski definition) is 1. The standard InChI is InChI=1S/C20H22N2O6/c1-14-4-3-5-16(12-14)10-11-27-20(24)21-15(2)19(23)28-13-17-6-8-18(9-7-17)22(25)26/h3-9,12,15H,10-11,13H2,1-2H3,(H,21,24). The lowest BCUT2D eigenvalue weighted by Crippen LogP contribution is -2.40. The van der Waals surface area contributed by atoms with Gasteiger partial charge in [-0.15, -0.1) is 0 Å². The van der Waals surface area contributed by atoms with Gasteiger partial charge in [-0.05, 0) is 37.1 Å². The number of nitro benzene ring substituents is 1. The summed E-state index contributed by atoms with van der Waals surface area (Å²) in [4.78, 5) is 33.8. The second kappa shape index (κ2) is 10.1. The maximum Gasteiger partial charge on any atom is 0.407 e. The first-order chi connectivity index (χ1) is 13.3. The molecule has 148 valence electrons. The number of benzene rings is 2. The monoisotopic (exact) mass is 386 g/mol. The molecule has 1 atom stereocenters. The fourth-order valence-electron chi connectivity index (χ4n) is 2.40. The predicted octanol–water partition coefficient (Wildman–Crippen LogP) is 3.30. The molecule has 2 aromatic carbocycles. The summed E-state index contributed by atoms with van der Waals surface area (Å²) in [6.45, 7) is 3.62. The van der Waals surface area contributed by atoms with Crippen LogP contribution in [0.2, 0.25) is 0 Å². The van der Waals surface area contributed by atoms with Crippen LogP contribution in [0.4, 0.5) is 10.5 Å². The maximum absolute atomic E-state index is 12.0. The van der Waals surface area contributed by atoms with Crippen LogP contribution >= 0.6 is 0 Å². The van der Waals surface area contributed by atoms with E-state index in [1.807, 2.05) is 31.2 Å². The molecule has 0 radical (unpaired) electrons. The Bertz CT molecular complexity index is 835. The van der Waals surface area contributed by atoms with Crippen molar-refractivity contribution < 1.29 is 24.0 Å². The zero-order valence-electron chi connectivity index (χ0n) is 15.7. The minimum atomic E-state index is -0.885. The van der Waals surface area contributed by atoms with Gasteiger partial charge in [-0.1, -0.05) is 29.8 Å². The molecule has 2 aromatic rings. The third kappa shape index (κ3) is 6.71. The normalized spacial score (nSPS) is 11.4. The first-order valence-corrected chi connectivity index (χ1v) is 8.74. The van der Waals surface area contributed by atoms with Gasteiger partial charge in [0, 0.05) is 18.6 Å². The van der Waals surface area contributed by atoms with Crippen molar-refractivity contribution in [1.29, 1.82) is 0 Å². The highest BCUT2D eigenvalue weighted by Gasteiger charge is 2.18. The molecule has 0 aliphatic heterocycles. The molecule has 1 unspecified atom stereocenters. The van der Waals surface area contributed by atoms with E-state index >= 15 is 0 Å². The number of esters is 1. The van der Waals surface area contributed by atoms with Crippen molar-refractivity contribution >= 4 is 17.7 Å². The highest BCUT2D eigenvalue weighted by atomic mass is 16.6. The maximum atomic E-state index is 12.0. The van der Waals surface area contributed by atoms with Crippen molar-refractivity contribution in [3.8, 4) is 0 Å². The first kappa shape index (κ1) is 20.9. The van der Waals surface area contributed by atoms with Crippen LogP contribution in [0, 0.1) is 17.0 Å². The van der Waals surface area contributed by atoms with Gasteiger partial charge in [0.25, 0.3) is 5.69 Å². The number of carbonyl (C=O) groups excluding carboxylic acids is 2. The summed E-state index contributed by atoms with van der Waals surface area (Å²) in [6.07, 6.45) is -0.124. The van der Waals surface area contributed by atoms with E-state index in [2.05, 4.69) is 5.32 Å². The summed E-state index contributed by atoms with van der Waals surface area (Å²) >= 11 is 0. The fourth-order valence-corrected chi connectivity index (χ4v) is 2.40. The quantitative estimate of drug-likeness (QED) is 0.424. The van der Waals surface area contributed by atoms with Gasteiger partial charge in [-0.2, -0.15) is 0 Å². The molecule has 8 nitrogen and oxygen atoms in total. The molecule has 0 aromatic heterocycles. The molecule has 1 N–H and O–H groups in total. The topological polar surface area (TPSA) is 108 Å². The van der Waals surface area contributed by atoms with Crippen LogP contribution in [-0.2, 0) is 27.3 Å². The fraction of sp³-hybridized carbons (Fsp3) is 0.300. The summed E-state index contributed by atoms with van der Waals surface area (Å²) in [5, 5.41) is 13.0. The number of hydrogen-bond acceptors (Lipinski definition) is 6. The molecule has 0 fully saturated rings. The molecular weight excluding hydrogens is 364 g/mol. The van der Waals surface area contributed by atoms with Gasteiger partial charge in [0.2, 0.25) is 0 Å². The first-order valence-electron chi connectivity index (χ1n) is 8.74. The number of nitro groups is 1. The molecule has 0 spiro atoms. The SMILES string of the molecule is Cc1cccc(CCOC(=O)NC(C)C(=O)OCc2ccc([N+](=O)[O-])cc2)c1. The molecule has 28 heavy (non-hydrogen) atoms. The summed E-state index contributed by atoms with van der Waals surface area (Å²) in [6, 6.07) is 12.7. The Kier molecular flexibility index (Phi) is 7.50. The Balaban J connectivity index is 1.70. The largest absolute Gasteiger partial charge is 0.459 e. The molecule has 2 rings (SSSR count). The van der Waals surface area contributed by atoms with Gasteiger partial charge in [0.1, 0.15) is 12.6 Å². The van der Waals surface area contributed by atoms with Crippen molar-refractivity contribution in [1.82, 2.24) is 5.32 Å². The second-order valence-electron chi connectivity index (χ2n) is 6.27. The predicted molar refractivity (Wildman–Crippen MR) is 102 cm³/mol. The van der Waals surface area contributed by atoms with Crippen LogP contribution in [0.5, 0.6) is 0 Å². The molecule has 0 saturated carbocycles. The van der Waals surface area contributed by atoms with E-state index < -0.39 is 23.0 Å². The third-order valence-electron chi connectivity index (χ3n) is 3.92. The van der Waals surface area contributed by atoms with Crippen molar-refractivity contribution in [2.45, 2.75) is 32.9 Å². The zero-order valence-corrected chi connectivity index (χ0v) is 15.7. The summed E-state index contributed by atoms with van der Waals surface area (Å²) in [7, 11) is 0. The van der Waals surface area contributed by atoms with E-state index in [4.69, 9.17) is 9.47 Å². The van der Waals surface area contributed by atoms with Gasteiger partial charge in [-0.25, -0.2) is 9.59 Å². The molecule has 0 aliphatic carbocycles. The second-order valence-corrected chi connectivity index (χ2v) is 6.27. The minimum Gasteiger partial charge on any atom is -0.459 e. The Morgan fingerprint density at radius 2 is 1.82 bits per heavy atom. The average molecular weight is 386 g/mol. The lowest BCUT2D eigenvalue weighted by Gasteiger charge is -2.13. The third-order valence-corrected chi connectivity index (χ3v) is 3.92. The van der Waals surface area contributed by atoms with Gasteiger partial charge in [0.05, 0.1) is 11.5 Å². The molecule has 0 heterocycles. The van der Waals surface area contributed by atoms with E-state index in [1.165, 1.54) is 31.2 Å². The van der Waals surface area contributed by atoms with Gasteiger partial charge < -0.3 is 14.8 Å². The van der Waals surface area contributed by atoms with Crippen LogP contribution in [0.15, 0.2) is 48.5 Å². The molecular formula is C20H22N2O6. The number of non-ortho nitro benzene ring substituents is 1. The highest BCUT2D eigenvalue weighted by Crippen LogP contribution is 2.12. The number of aryl methyl sites for hydroxylation is 1. The van der Waals surface area contributed by atoms with Gasteiger partial charge >= 0.3 is 12.1 Å². The number of alkyl carbamates (subject to hydrolysis) is 1. The smallest absolute Gasteiger partial charge is 0.407 e. The summed E-state index contributed by atoms with van der Waals surface area (Å²) in [5.74, 6) is -0.631. The Morgan fingerprint density at radius 3 is 2.46 bits per heavy atom. The number of rotatable bonds is 8. The number of nitrogens with zero attached hydrogens (tertiary/aromatic N) is 1. The summed E-state index contributed by atoms with van der Waals surface area (Å²) in [5.41, 5.74) is 2.75. The number of ether oxygens (including phenoxy) is 2. The van der Waals surface area contributed by atoms with Crippen LogP contribution in [-0.4, -0.2) is 29.6 Å². The van der Waals surface area contributed by atoms with Crippen molar-refractivity contribution in [2.24, 2.45) is 0 Å². The Morgan fingerprint density at radius 1 is 1.11 bits per heavy atom. The van der Waals surface area contributed by atoms with E-state index in [0.717, 1.165) is 11.1 Å². The molecule has 1 amide bonds. The van der Waals surface area contributed by atoms with Crippen LogP contribution in [0.3, 0.4) is 0 Å². The molecule has 0 saturated heterocycles. The lowest BCUT2D eigenvalue weighted by atomic mass is 10.1.